The number of carbonyl (C=O) groups is 3. The summed E-state index contributed by atoms with van der Waals surface area (Å²) in [6, 6.07) is 5.54. The SMILES string of the molecule is CC(C)(C)OC(=O)n1ccc2c(Br)cncc21.CN1CCN(C)CC1.CN1CCN(c2cncc3c2cc(O[B]O)n3C(=O)OC(C)(C)C)CC1.CN1CCN(c2cncc3c2ccn3C(=O)OC(C)(C)C)CC1. The Morgan fingerprint density at radius 3 is 1.31 bits per heavy atom. The van der Waals surface area contributed by atoms with E-state index >= 15 is 0 Å². The quantitative estimate of drug-likeness (QED) is 0.135. The van der Waals surface area contributed by atoms with Gasteiger partial charge in [0.2, 0.25) is 0 Å². The van der Waals surface area contributed by atoms with Crippen LogP contribution < -0.4 is 14.5 Å². The molecule has 1 radical (unpaired) electrons. The number of piperazine rings is 3. The third kappa shape index (κ3) is 15.6. The monoisotopic (exact) mass is 1090 g/mol. The van der Waals surface area contributed by atoms with Gasteiger partial charge in [0.25, 0.3) is 0 Å². The van der Waals surface area contributed by atoms with Crippen LogP contribution in [0.15, 0.2) is 72.2 Å². The molecule has 6 aromatic heterocycles. The fraction of sp³-hybridized carbons (Fsp3) is 0.538. The summed E-state index contributed by atoms with van der Waals surface area (Å²) in [6.07, 6.45) is 12.4. The predicted molar refractivity (Wildman–Crippen MR) is 295 cm³/mol. The molecule has 0 bridgehead atoms. The lowest BCUT2D eigenvalue weighted by Gasteiger charge is -2.34. The molecule has 3 aliphatic heterocycles. The van der Waals surface area contributed by atoms with Gasteiger partial charge in [0.05, 0.1) is 58.9 Å². The maximum atomic E-state index is 12.7. The molecule has 3 aliphatic rings. The molecule has 22 heteroatoms. The van der Waals surface area contributed by atoms with Crippen molar-refractivity contribution in [3.05, 3.63) is 72.2 Å². The van der Waals surface area contributed by atoms with Gasteiger partial charge in [-0.15, -0.1) is 0 Å². The molecule has 9 heterocycles. The lowest BCUT2D eigenvalue weighted by molar-refractivity contribution is 0.0527. The van der Waals surface area contributed by atoms with Crippen LogP contribution in [0.2, 0.25) is 0 Å². The van der Waals surface area contributed by atoms with E-state index in [0.29, 0.717) is 13.2 Å². The third-order valence-electron chi connectivity index (χ3n) is 12.2. The number of aromatic nitrogens is 6. The smallest absolute Gasteiger partial charge is 0.524 e. The number of fused-ring (bicyclic) bond motifs is 3. The summed E-state index contributed by atoms with van der Waals surface area (Å²) in [5, 5.41) is 11.9. The summed E-state index contributed by atoms with van der Waals surface area (Å²) in [6.45, 7) is 29.1. The van der Waals surface area contributed by atoms with E-state index in [2.05, 4.69) is 88.5 Å². The van der Waals surface area contributed by atoms with Crippen molar-refractivity contribution < 1.29 is 38.3 Å². The number of rotatable bonds is 4. The molecule has 0 spiro atoms. The first-order valence-corrected chi connectivity index (χ1v) is 25.7. The van der Waals surface area contributed by atoms with Gasteiger partial charge in [0.15, 0.2) is 5.88 Å². The van der Waals surface area contributed by atoms with Crippen molar-refractivity contribution in [2.75, 3.05) is 117 Å². The minimum Gasteiger partial charge on any atom is -0.524 e. The Bertz CT molecular complexity index is 2820. The van der Waals surface area contributed by atoms with Gasteiger partial charge in [0.1, 0.15) is 16.8 Å². The van der Waals surface area contributed by atoms with E-state index in [1.165, 1.54) is 39.9 Å². The van der Waals surface area contributed by atoms with E-state index in [-0.39, 0.29) is 12.0 Å². The number of hydrogen-bond acceptors (Lipinski definition) is 17. The van der Waals surface area contributed by atoms with Crippen LogP contribution >= 0.6 is 15.9 Å². The number of nitrogens with zero attached hydrogens (tertiary/aromatic N) is 12. The zero-order chi connectivity index (χ0) is 54.1. The van der Waals surface area contributed by atoms with Crippen molar-refractivity contribution in [3.63, 3.8) is 0 Å². The highest BCUT2D eigenvalue weighted by Crippen LogP contribution is 2.34. The first-order chi connectivity index (χ1) is 34.8. The molecular weight excluding hydrogens is 1010 g/mol. The van der Waals surface area contributed by atoms with Crippen molar-refractivity contribution in [1.82, 2.24) is 48.3 Å². The molecule has 0 atom stereocenters. The van der Waals surface area contributed by atoms with Gasteiger partial charge < -0.3 is 53.3 Å². The molecule has 3 saturated heterocycles. The summed E-state index contributed by atoms with van der Waals surface area (Å²) >= 11 is 3.39. The number of likely N-dealkylation sites (N-methyl/N-ethyl adjacent to an activating group) is 4. The summed E-state index contributed by atoms with van der Waals surface area (Å²) < 4.78 is 26.6. The van der Waals surface area contributed by atoms with E-state index in [1.54, 1.807) is 70.2 Å². The van der Waals surface area contributed by atoms with Crippen molar-refractivity contribution >= 4 is 86.0 Å². The summed E-state index contributed by atoms with van der Waals surface area (Å²) in [5.41, 5.74) is 2.43. The zero-order valence-electron chi connectivity index (χ0n) is 45.5. The van der Waals surface area contributed by atoms with Crippen LogP contribution in [0.3, 0.4) is 0 Å². The van der Waals surface area contributed by atoms with Crippen molar-refractivity contribution in [3.8, 4) is 5.88 Å². The Labute approximate surface area is 444 Å². The summed E-state index contributed by atoms with van der Waals surface area (Å²) in [5.74, 6) is 0.181. The minimum atomic E-state index is -0.656. The number of ether oxygens (including phenoxy) is 3. The largest absolute Gasteiger partial charge is 0.570 e. The first-order valence-electron chi connectivity index (χ1n) is 24.9. The Morgan fingerprint density at radius 2 is 0.878 bits per heavy atom. The molecule has 0 unspecified atom stereocenters. The van der Waals surface area contributed by atoms with Gasteiger partial charge >= 0.3 is 26.0 Å². The van der Waals surface area contributed by atoms with Gasteiger partial charge in [-0.2, -0.15) is 0 Å². The average molecular weight is 1090 g/mol. The fourth-order valence-electron chi connectivity index (χ4n) is 8.23. The fourth-order valence-corrected chi connectivity index (χ4v) is 8.68. The topological polar surface area (TPSA) is 181 Å². The van der Waals surface area contributed by atoms with E-state index in [0.717, 1.165) is 95.4 Å². The number of hydrogen-bond donors (Lipinski definition) is 1. The van der Waals surface area contributed by atoms with Crippen molar-refractivity contribution in [2.45, 2.75) is 79.1 Å². The van der Waals surface area contributed by atoms with E-state index in [1.807, 2.05) is 59.9 Å². The van der Waals surface area contributed by atoms with Crippen LogP contribution in [-0.2, 0) is 14.2 Å². The molecule has 9 rings (SSSR count). The van der Waals surface area contributed by atoms with Crippen LogP contribution in [0.4, 0.5) is 25.8 Å². The highest BCUT2D eigenvalue weighted by molar-refractivity contribution is 9.10. The molecule has 401 valence electrons. The van der Waals surface area contributed by atoms with E-state index in [4.69, 9.17) is 23.9 Å². The molecule has 1 N–H and O–H groups in total. The first kappa shape index (κ1) is 57.5. The second-order valence-electron chi connectivity index (χ2n) is 21.8. The number of pyridine rings is 3. The number of halogens is 1. The summed E-state index contributed by atoms with van der Waals surface area (Å²) in [4.78, 5) is 63.5. The molecular formula is C52H75BBrN12O8. The van der Waals surface area contributed by atoms with Gasteiger partial charge in [-0.05, 0) is 119 Å². The zero-order valence-corrected chi connectivity index (χ0v) is 47.0. The summed E-state index contributed by atoms with van der Waals surface area (Å²) in [7, 11) is 9.13. The van der Waals surface area contributed by atoms with Gasteiger partial charge in [0, 0.05) is 124 Å². The van der Waals surface area contributed by atoms with Crippen molar-refractivity contribution in [2.24, 2.45) is 0 Å². The second-order valence-corrected chi connectivity index (χ2v) is 22.6. The maximum Gasteiger partial charge on any atom is 0.570 e. The molecule has 20 nitrogen and oxygen atoms in total. The van der Waals surface area contributed by atoms with Gasteiger partial charge in [-0.25, -0.2) is 19.0 Å². The Morgan fingerprint density at radius 1 is 0.514 bits per heavy atom. The molecule has 0 saturated carbocycles. The highest BCUT2D eigenvalue weighted by Gasteiger charge is 2.27. The Balaban J connectivity index is 0.000000170. The third-order valence-corrected chi connectivity index (χ3v) is 12.8. The van der Waals surface area contributed by atoms with Crippen LogP contribution in [0.1, 0.15) is 62.3 Å². The Hall–Kier alpha value is -5.78. The van der Waals surface area contributed by atoms with E-state index in [9.17, 15) is 14.4 Å². The number of anilines is 2. The highest BCUT2D eigenvalue weighted by atomic mass is 79.9. The lowest BCUT2D eigenvalue weighted by atomic mass is 10.2. The molecule has 74 heavy (non-hydrogen) atoms. The van der Waals surface area contributed by atoms with Crippen LogP contribution in [-0.4, -0.2) is 203 Å². The second kappa shape index (κ2) is 24.7. The van der Waals surface area contributed by atoms with Crippen LogP contribution in [0.25, 0.3) is 32.7 Å². The van der Waals surface area contributed by atoms with Crippen LogP contribution in [0.5, 0.6) is 5.88 Å². The normalized spacial score (nSPS) is 16.4. The van der Waals surface area contributed by atoms with Crippen LogP contribution in [0, 0.1) is 0 Å². The molecule has 0 aliphatic carbocycles. The molecule has 6 aromatic rings. The van der Waals surface area contributed by atoms with Gasteiger partial charge in [-0.3, -0.25) is 24.1 Å². The van der Waals surface area contributed by atoms with Gasteiger partial charge in [-0.1, -0.05) is 0 Å². The number of carbonyl (C=O) groups excluding carboxylic acids is 3. The van der Waals surface area contributed by atoms with Crippen molar-refractivity contribution in [1.29, 1.82) is 0 Å². The molecule has 3 fully saturated rings. The minimum absolute atomic E-state index is 0.181. The Kier molecular flexibility index (Phi) is 19.2. The standard InChI is InChI=1S/C17H24BN4O4.C17H24N4O2.C12H13BrN2O2.C6H14N2/c1-17(2,3)25-16(23)22-14-11-19-10-13(12(14)9-15(22)26-18-24)21-7-5-20(4)6-8-21;1-17(2,3)23-16(22)21-6-5-13-14(11-18-12-15(13)21)20-9-7-19(4)8-10-20;1-12(2,3)17-11(16)15-5-4-8-9(13)6-14-7-10(8)15;1-7-3-5-8(2)6-4-7/h9-11,24H,5-8H2,1-4H3;5-6,11-12H,7-10H2,1-4H3;4-7H,1-3H3;3-6H2,1-2H3. The average Bonchev–Trinajstić information content (AvgIpc) is 4.06. The molecule has 0 amide bonds. The van der Waals surface area contributed by atoms with E-state index < -0.39 is 29.0 Å². The lowest BCUT2D eigenvalue weighted by Crippen LogP contribution is -2.44. The molecule has 0 aromatic carbocycles. The maximum absolute atomic E-state index is 12.7. The predicted octanol–water partition coefficient (Wildman–Crippen LogP) is 7.49.